The summed E-state index contributed by atoms with van der Waals surface area (Å²) in [7, 11) is 0. The minimum atomic E-state index is -1.04. The molecule has 0 bridgehead atoms. The van der Waals surface area contributed by atoms with Gasteiger partial charge in [0.25, 0.3) is 0 Å². The van der Waals surface area contributed by atoms with Crippen molar-refractivity contribution in [2.24, 2.45) is 0 Å². The fourth-order valence-electron chi connectivity index (χ4n) is 1.61. The molecular formula is C14H11F3O2. The quantitative estimate of drug-likeness (QED) is 0.913. The first-order valence-electron chi connectivity index (χ1n) is 5.58. The molecule has 19 heavy (non-hydrogen) atoms. The number of halogens is 3. The van der Waals surface area contributed by atoms with Crippen LogP contribution < -0.4 is 4.74 Å². The third-order valence-electron chi connectivity index (χ3n) is 2.54. The van der Waals surface area contributed by atoms with Gasteiger partial charge in [-0.05, 0) is 37.3 Å². The Bertz CT molecular complexity index is 597. The maximum atomic E-state index is 13.1. The Morgan fingerprint density at radius 2 is 1.74 bits per heavy atom. The number of ether oxygens (including phenoxy) is 1. The first kappa shape index (κ1) is 13.4. The van der Waals surface area contributed by atoms with E-state index in [0.29, 0.717) is 0 Å². The summed E-state index contributed by atoms with van der Waals surface area (Å²) < 4.78 is 44.2. The highest BCUT2D eigenvalue weighted by Gasteiger charge is 2.12. The highest BCUT2D eigenvalue weighted by molar-refractivity contribution is 5.39. The zero-order valence-corrected chi connectivity index (χ0v) is 10.0. The van der Waals surface area contributed by atoms with E-state index in [9.17, 15) is 18.3 Å². The van der Waals surface area contributed by atoms with Crippen molar-refractivity contribution in [3.8, 4) is 11.5 Å². The molecular weight excluding hydrogens is 257 g/mol. The second kappa shape index (κ2) is 5.32. The molecule has 0 unspecified atom stereocenters. The third-order valence-corrected chi connectivity index (χ3v) is 2.54. The summed E-state index contributed by atoms with van der Waals surface area (Å²) in [5, 5.41) is 9.52. The molecule has 0 aliphatic rings. The SMILES string of the molecule is C[C@H](O)c1cc(F)ccc1Oc1ccc(F)c(F)c1. The Morgan fingerprint density at radius 3 is 2.37 bits per heavy atom. The lowest BCUT2D eigenvalue weighted by Crippen LogP contribution is -1.97. The summed E-state index contributed by atoms with van der Waals surface area (Å²) in [6.07, 6.45) is -0.948. The Labute approximate surface area is 108 Å². The first-order valence-corrected chi connectivity index (χ1v) is 5.58. The molecule has 0 aromatic heterocycles. The van der Waals surface area contributed by atoms with E-state index < -0.39 is 23.6 Å². The summed E-state index contributed by atoms with van der Waals surface area (Å²) in [5.41, 5.74) is 0.227. The highest BCUT2D eigenvalue weighted by Crippen LogP contribution is 2.30. The number of rotatable bonds is 3. The number of aliphatic hydroxyl groups excluding tert-OH is 1. The van der Waals surface area contributed by atoms with E-state index in [0.717, 1.165) is 24.3 Å². The molecule has 0 amide bonds. The molecule has 2 nitrogen and oxygen atoms in total. The average molecular weight is 268 g/mol. The van der Waals surface area contributed by atoms with Crippen LogP contribution in [0, 0.1) is 17.5 Å². The predicted octanol–water partition coefficient (Wildman–Crippen LogP) is 3.95. The number of hydrogen-bond donors (Lipinski definition) is 1. The zero-order valence-electron chi connectivity index (χ0n) is 10.0. The van der Waals surface area contributed by atoms with E-state index >= 15 is 0 Å². The van der Waals surface area contributed by atoms with Crippen molar-refractivity contribution in [1.29, 1.82) is 0 Å². The van der Waals surface area contributed by atoms with Crippen molar-refractivity contribution in [2.45, 2.75) is 13.0 Å². The van der Waals surface area contributed by atoms with Gasteiger partial charge in [-0.15, -0.1) is 0 Å². The number of hydrogen-bond acceptors (Lipinski definition) is 2. The van der Waals surface area contributed by atoms with Gasteiger partial charge in [-0.2, -0.15) is 0 Å². The molecule has 2 aromatic rings. The van der Waals surface area contributed by atoms with Gasteiger partial charge in [-0.25, -0.2) is 13.2 Å². The highest BCUT2D eigenvalue weighted by atomic mass is 19.2. The number of benzene rings is 2. The molecule has 100 valence electrons. The summed E-state index contributed by atoms with van der Waals surface area (Å²) in [5.74, 6) is -2.30. The molecule has 0 heterocycles. The Hall–Kier alpha value is -2.01. The van der Waals surface area contributed by atoms with Crippen LogP contribution in [0.15, 0.2) is 36.4 Å². The van der Waals surface area contributed by atoms with Gasteiger partial charge in [0.2, 0.25) is 0 Å². The molecule has 0 fully saturated rings. The second-order valence-electron chi connectivity index (χ2n) is 4.04. The van der Waals surface area contributed by atoms with Gasteiger partial charge in [0.1, 0.15) is 17.3 Å². The average Bonchev–Trinajstić information content (AvgIpc) is 2.36. The number of aliphatic hydroxyl groups is 1. The van der Waals surface area contributed by atoms with Crippen LogP contribution in [0.5, 0.6) is 11.5 Å². The van der Waals surface area contributed by atoms with E-state index in [2.05, 4.69) is 0 Å². The van der Waals surface area contributed by atoms with Gasteiger partial charge < -0.3 is 9.84 Å². The van der Waals surface area contributed by atoms with E-state index in [1.165, 1.54) is 19.1 Å². The van der Waals surface area contributed by atoms with Gasteiger partial charge in [-0.3, -0.25) is 0 Å². The molecule has 0 spiro atoms. The van der Waals surface area contributed by atoms with Gasteiger partial charge in [0.05, 0.1) is 6.10 Å². The third kappa shape index (κ3) is 3.06. The van der Waals surface area contributed by atoms with Gasteiger partial charge in [-0.1, -0.05) is 0 Å². The zero-order chi connectivity index (χ0) is 14.0. The first-order chi connectivity index (χ1) is 8.97. The molecule has 0 saturated heterocycles. The smallest absolute Gasteiger partial charge is 0.162 e. The molecule has 0 saturated carbocycles. The Kier molecular flexibility index (Phi) is 3.76. The lowest BCUT2D eigenvalue weighted by atomic mass is 10.1. The minimum Gasteiger partial charge on any atom is -0.457 e. The summed E-state index contributed by atoms with van der Waals surface area (Å²) in [6, 6.07) is 6.65. The molecule has 0 aliphatic heterocycles. The standard InChI is InChI=1S/C14H11F3O2/c1-8(18)11-6-9(15)2-5-14(11)19-10-3-4-12(16)13(17)7-10/h2-8,18H,1H3/t8-/m0/s1. The molecule has 0 aliphatic carbocycles. The summed E-state index contributed by atoms with van der Waals surface area (Å²) in [6.45, 7) is 1.45. The van der Waals surface area contributed by atoms with Crippen LogP contribution in [0.2, 0.25) is 0 Å². The van der Waals surface area contributed by atoms with Gasteiger partial charge >= 0.3 is 0 Å². The maximum Gasteiger partial charge on any atom is 0.162 e. The van der Waals surface area contributed by atoms with Gasteiger partial charge in [0, 0.05) is 11.6 Å². The molecule has 5 heteroatoms. The fourth-order valence-corrected chi connectivity index (χ4v) is 1.61. The molecule has 2 aromatic carbocycles. The maximum absolute atomic E-state index is 13.1. The second-order valence-corrected chi connectivity index (χ2v) is 4.04. The van der Waals surface area contributed by atoms with E-state index in [1.807, 2.05) is 0 Å². The van der Waals surface area contributed by atoms with Crippen molar-refractivity contribution < 1.29 is 23.0 Å². The van der Waals surface area contributed by atoms with Crippen molar-refractivity contribution >= 4 is 0 Å². The van der Waals surface area contributed by atoms with Crippen LogP contribution in [0.4, 0.5) is 13.2 Å². The van der Waals surface area contributed by atoms with Crippen molar-refractivity contribution in [3.05, 3.63) is 59.4 Å². The lowest BCUT2D eigenvalue weighted by Gasteiger charge is -2.13. The van der Waals surface area contributed by atoms with Crippen LogP contribution in [0.3, 0.4) is 0 Å². The van der Waals surface area contributed by atoms with Crippen molar-refractivity contribution in [3.63, 3.8) is 0 Å². The van der Waals surface area contributed by atoms with E-state index in [1.54, 1.807) is 0 Å². The summed E-state index contributed by atoms with van der Waals surface area (Å²) >= 11 is 0. The van der Waals surface area contributed by atoms with Crippen molar-refractivity contribution in [2.75, 3.05) is 0 Å². The van der Waals surface area contributed by atoms with Crippen LogP contribution in [0.25, 0.3) is 0 Å². The monoisotopic (exact) mass is 268 g/mol. The van der Waals surface area contributed by atoms with Crippen molar-refractivity contribution in [1.82, 2.24) is 0 Å². The minimum absolute atomic E-state index is 0.0624. The summed E-state index contributed by atoms with van der Waals surface area (Å²) in [4.78, 5) is 0. The van der Waals surface area contributed by atoms with E-state index in [4.69, 9.17) is 4.74 Å². The largest absolute Gasteiger partial charge is 0.457 e. The molecule has 1 N–H and O–H groups in total. The topological polar surface area (TPSA) is 29.5 Å². The molecule has 0 radical (unpaired) electrons. The Morgan fingerprint density at radius 1 is 1.00 bits per heavy atom. The lowest BCUT2D eigenvalue weighted by molar-refractivity contribution is 0.195. The fraction of sp³-hybridized carbons (Fsp3) is 0.143. The van der Waals surface area contributed by atoms with Crippen LogP contribution >= 0.6 is 0 Å². The van der Waals surface area contributed by atoms with Crippen LogP contribution in [-0.4, -0.2) is 5.11 Å². The van der Waals surface area contributed by atoms with Crippen LogP contribution in [-0.2, 0) is 0 Å². The molecule has 1 atom stereocenters. The van der Waals surface area contributed by atoms with Crippen LogP contribution in [0.1, 0.15) is 18.6 Å². The van der Waals surface area contributed by atoms with E-state index in [-0.39, 0.29) is 17.1 Å². The van der Waals surface area contributed by atoms with Gasteiger partial charge in [0.15, 0.2) is 11.6 Å². The Balaban J connectivity index is 2.35. The predicted molar refractivity (Wildman–Crippen MR) is 63.5 cm³/mol. The normalized spacial score (nSPS) is 12.3. The molecule has 2 rings (SSSR count).